The van der Waals surface area contributed by atoms with Crippen LogP contribution in [0.15, 0.2) is 0 Å². The molecule has 1 N–H and O–H groups in total. The maximum atomic E-state index is 8.68. The summed E-state index contributed by atoms with van der Waals surface area (Å²) in [6.07, 6.45) is 4.36. The number of thiazole rings is 1. The van der Waals surface area contributed by atoms with Crippen LogP contribution < -0.4 is 0 Å². The van der Waals surface area contributed by atoms with Gasteiger partial charge >= 0.3 is 0 Å². The van der Waals surface area contributed by atoms with Crippen LogP contribution in [-0.4, -0.2) is 16.7 Å². The number of aliphatic hydroxyl groups excluding tert-OH is 1. The molecule has 0 unspecified atom stereocenters. The summed E-state index contributed by atoms with van der Waals surface area (Å²) < 4.78 is 0. The van der Waals surface area contributed by atoms with Gasteiger partial charge in [0.05, 0.1) is 10.7 Å². The van der Waals surface area contributed by atoms with E-state index >= 15 is 0 Å². The first-order valence-corrected chi connectivity index (χ1v) is 4.80. The molecule has 3 heteroatoms. The Morgan fingerprint density at radius 3 is 3.09 bits per heavy atom. The number of hydrogen-bond donors (Lipinski definition) is 1. The van der Waals surface area contributed by atoms with E-state index in [1.807, 2.05) is 0 Å². The average Bonchev–Trinajstić information content (AvgIpc) is 2.46. The normalized spacial score (nSPS) is 15.4. The van der Waals surface area contributed by atoms with Crippen LogP contribution in [0.25, 0.3) is 0 Å². The molecule has 1 aromatic rings. The van der Waals surface area contributed by atoms with Crippen molar-refractivity contribution < 1.29 is 5.11 Å². The van der Waals surface area contributed by atoms with Gasteiger partial charge in [0.25, 0.3) is 0 Å². The Morgan fingerprint density at radius 2 is 2.36 bits per heavy atom. The van der Waals surface area contributed by atoms with Gasteiger partial charge in [-0.3, -0.25) is 0 Å². The highest BCUT2D eigenvalue weighted by molar-refractivity contribution is 7.11. The quantitative estimate of drug-likeness (QED) is 0.721. The molecule has 1 heterocycles. The largest absolute Gasteiger partial charge is 0.396 e. The summed E-state index contributed by atoms with van der Waals surface area (Å²) >= 11 is 1.78. The van der Waals surface area contributed by atoms with Crippen molar-refractivity contribution in [3.63, 3.8) is 0 Å². The molecule has 2 rings (SSSR count). The Bertz CT molecular complexity index is 235. The third kappa shape index (κ3) is 1.30. The van der Waals surface area contributed by atoms with Crippen molar-refractivity contribution in [1.29, 1.82) is 0 Å². The molecule has 0 amide bonds. The molecule has 1 aliphatic carbocycles. The van der Waals surface area contributed by atoms with E-state index in [4.69, 9.17) is 5.11 Å². The second-order valence-electron chi connectivity index (χ2n) is 2.80. The van der Waals surface area contributed by atoms with E-state index in [2.05, 4.69) is 4.98 Å². The Morgan fingerprint density at radius 1 is 1.45 bits per heavy atom. The van der Waals surface area contributed by atoms with Crippen molar-refractivity contribution in [2.24, 2.45) is 0 Å². The molecule has 1 aliphatic rings. The molecule has 0 bridgehead atoms. The Labute approximate surface area is 69.9 Å². The highest BCUT2D eigenvalue weighted by atomic mass is 32.1. The highest BCUT2D eigenvalue weighted by Gasteiger charge is 2.15. The monoisotopic (exact) mass is 169 g/mol. The summed E-state index contributed by atoms with van der Waals surface area (Å²) in [5.41, 5.74) is 1.29. The van der Waals surface area contributed by atoms with E-state index in [0.717, 1.165) is 17.8 Å². The van der Waals surface area contributed by atoms with Crippen molar-refractivity contribution in [3.05, 3.63) is 15.6 Å². The Balaban J connectivity index is 2.20. The lowest BCUT2D eigenvalue weighted by atomic mass is 10.4. The Kier molecular flexibility index (Phi) is 1.92. The van der Waals surface area contributed by atoms with Crippen molar-refractivity contribution in [1.82, 2.24) is 4.98 Å². The second-order valence-corrected chi connectivity index (χ2v) is 3.97. The number of nitrogens with zero attached hydrogens (tertiary/aromatic N) is 1. The summed E-state index contributed by atoms with van der Waals surface area (Å²) in [6.45, 7) is 0.229. The van der Waals surface area contributed by atoms with Gasteiger partial charge in [0, 0.05) is 17.9 Å². The van der Waals surface area contributed by atoms with Gasteiger partial charge in [0.1, 0.15) is 0 Å². The lowest BCUT2D eigenvalue weighted by Gasteiger charge is -1.88. The van der Waals surface area contributed by atoms with Crippen molar-refractivity contribution in [2.75, 3.05) is 6.61 Å². The van der Waals surface area contributed by atoms with E-state index in [-0.39, 0.29) is 6.61 Å². The molecule has 11 heavy (non-hydrogen) atoms. The number of fused-ring (bicyclic) bond motifs is 1. The van der Waals surface area contributed by atoms with Gasteiger partial charge < -0.3 is 5.11 Å². The van der Waals surface area contributed by atoms with E-state index in [1.54, 1.807) is 11.3 Å². The third-order valence-corrected chi connectivity index (χ3v) is 3.18. The second kappa shape index (κ2) is 2.91. The molecule has 0 saturated carbocycles. The smallest absolute Gasteiger partial charge is 0.0953 e. The molecule has 0 radical (unpaired) electrons. The molecule has 0 saturated heterocycles. The first kappa shape index (κ1) is 7.25. The fourth-order valence-electron chi connectivity index (χ4n) is 1.45. The lowest BCUT2D eigenvalue weighted by molar-refractivity contribution is 0.299. The number of rotatable bonds is 2. The topological polar surface area (TPSA) is 33.1 Å². The van der Waals surface area contributed by atoms with E-state index in [0.29, 0.717) is 0 Å². The number of aliphatic hydroxyl groups is 1. The first-order valence-electron chi connectivity index (χ1n) is 3.98. The number of aryl methyl sites for hydroxylation is 2. The molecule has 0 spiro atoms. The molecule has 0 atom stereocenters. The zero-order valence-electron chi connectivity index (χ0n) is 6.34. The molecule has 60 valence electrons. The fraction of sp³-hybridized carbons (Fsp3) is 0.625. The van der Waals surface area contributed by atoms with Crippen LogP contribution >= 0.6 is 11.3 Å². The SMILES string of the molecule is OCCc1nc2c(s1)CCC2. The van der Waals surface area contributed by atoms with Gasteiger partial charge in [0.2, 0.25) is 0 Å². The van der Waals surface area contributed by atoms with Gasteiger partial charge in [-0.2, -0.15) is 0 Å². The van der Waals surface area contributed by atoms with Crippen LogP contribution in [-0.2, 0) is 19.3 Å². The van der Waals surface area contributed by atoms with E-state index in [9.17, 15) is 0 Å². The third-order valence-electron chi connectivity index (χ3n) is 1.97. The van der Waals surface area contributed by atoms with Crippen molar-refractivity contribution in [3.8, 4) is 0 Å². The van der Waals surface area contributed by atoms with Crippen LogP contribution in [0.2, 0.25) is 0 Å². The van der Waals surface area contributed by atoms with Gasteiger partial charge in [-0.15, -0.1) is 11.3 Å². The molecular weight excluding hydrogens is 158 g/mol. The average molecular weight is 169 g/mol. The zero-order valence-corrected chi connectivity index (χ0v) is 7.15. The minimum Gasteiger partial charge on any atom is -0.396 e. The van der Waals surface area contributed by atoms with E-state index in [1.165, 1.54) is 23.4 Å². The zero-order chi connectivity index (χ0) is 7.68. The standard InChI is InChI=1S/C8H11NOS/c10-5-4-8-9-6-2-1-3-7(6)11-8/h10H,1-5H2. The maximum absolute atomic E-state index is 8.68. The Hall–Kier alpha value is -0.410. The van der Waals surface area contributed by atoms with Crippen LogP contribution in [0.3, 0.4) is 0 Å². The summed E-state index contributed by atoms with van der Waals surface area (Å²) in [7, 11) is 0. The highest BCUT2D eigenvalue weighted by Crippen LogP contribution is 2.27. The summed E-state index contributed by atoms with van der Waals surface area (Å²) in [4.78, 5) is 5.89. The summed E-state index contributed by atoms with van der Waals surface area (Å²) in [6, 6.07) is 0. The van der Waals surface area contributed by atoms with Gasteiger partial charge in [-0.25, -0.2) is 4.98 Å². The van der Waals surface area contributed by atoms with Crippen LogP contribution in [0.5, 0.6) is 0 Å². The minimum absolute atomic E-state index is 0.229. The molecule has 1 aromatic heterocycles. The maximum Gasteiger partial charge on any atom is 0.0953 e. The van der Waals surface area contributed by atoms with Crippen LogP contribution in [0, 0.1) is 0 Å². The van der Waals surface area contributed by atoms with E-state index < -0.39 is 0 Å². The first-order chi connectivity index (χ1) is 5.40. The summed E-state index contributed by atoms with van der Waals surface area (Å²) in [5.74, 6) is 0. The predicted molar refractivity (Wildman–Crippen MR) is 44.9 cm³/mol. The number of hydrogen-bond acceptors (Lipinski definition) is 3. The lowest BCUT2D eigenvalue weighted by Crippen LogP contribution is -1.89. The molecule has 0 aliphatic heterocycles. The molecular formula is C8H11NOS. The molecule has 0 fully saturated rings. The van der Waals surface area contributed by atoms with Crippen molar-refractivity contribution >= 4 is 11.3 Å². The van der Waals surface area contributed by atoms with Gasteiger partial charge in [-0.05, 0) is 19.3 Å². The van der Waals surface area contributed by atoms with Crippen molar-refractivity contribution in [2.45, 2.75) is 25.7 Å². The van der Waals surface area contributed by atoms with Crippen LogP contribution in [0.4, 0.5) is 0 Å². The minimum atomic E-state index is 0.229. The van der Waals surface area contributed by atoms with Crippen LogP contribution in [0.1, 0.15) is 22.0 Å². The van der Waals surface area contributed by atoms with Gasteiger partial charge in [-0.1, -0.05) is 0 Å². The van der Waals surface area contributed by atoms with Gasteiger partial charge in [0.15, 0.2) is 0 Å². The summed E-state index contributed by atoms with van der Waals surface area (Å²) in [5, 5.41) is 9.79. The number of aromatic nitrogens is 1. The fourth-order valence-corrected chi connectivity index (χ4v) is 2.59. The molecule has 0 aromatic carbocycles. The predicted octanol–water partition coefficient (Wildman–Crippen LogP) is 1.17. The molecule has 2 nitrogen and oxygen atoms in total.